The second-order valence-electron chi connectivity index (χ2n) is 10.2. The number of rotatable bonds is 5. The molecular weight excluding hydrogens is 524 g/mol. The average Bonchev–Trinajstić information content (AvgIpc) is 3.15. The van der Waals surface area contributed by atoms with E-state index < -0.39 is 44.7 Å². The first-order valence-electron chi connectivity index (χ1n) is 12.0. The van der Waals surface area contributed by atoms with Crippen LogP contribution < -0.4 is 4.74 Å². The minimum Gasteiger partial charge on any atom is -0.468 e. The second-order valence-corrected chi connectivity index (χ2v) is 12.1. The Morgan fingerprint density at radius 2 is 1.74 bits per heavy atom. The summed E-state index contributed by atoms with van der Waals surface area (Å²) in [5, 5.41) is -0.675. The summed E-state index contributed by atoms with van der Waals surface area (Å²) in [7, 11) is -3.93. The molecule has 1 fully saturated rings. The molecule has 0 saturated carbocycles. The summed E-state index contributed by atoms with van der Waals surface area (Å²) in [6.07, 6.45) is 1.27. The van der Waals surface area contributed by atoms with Gasteiger partial charge in [-0.3, -0.25) is 4.79 Å². The van der Waals surface area contributed by atoms with E-state index in [0.717, 1.165) is 6.26 Å². The molecule has 0 unspecified atom stereocenters. The fourth-order valence-electron chi connectivity index (χ4n) is 4.11. The van der Waals surface area contributed by atoms with Gasteiger partial charge in [0, 0.05) is 62.2 Å². The Labute approximate surface area is 219 Å². The van der Waals surface area contributed by atoms with Gasteiger partial charge in [0.15, 0.2) is 6.61 Å². The Balaban J connectivity index is 1.39. The fraction of sp³-hybridized carbons (Fsp3) is 0.542. The summed E-state index contributed by atoms with van der Waals surface area (Å²) < 4.78 is 63.5. The molecule has 2 aromatic rings. The number of hydrogen-bond acceptors (Lipinski definition) is 9. The number of nitrogens with zero attached hydrogens (tertiary/aromatic N) is 5. The van der Waals surface area contributed by atoms with Crippen molar-refractivity contribution in [2.45, 2.75) is 50.3 Å². The van der Waals surface area contributed by atoms with Gasteiger partial charge in [0.05, 0.1) is 5.69 Å². The number of carbonyl (C=O) groups is 2. The number of piperazine rings is 1. The van der Waals surface area contributed by atoms with Crippen molar-refractivity contribution >= 4 is 21.8 Å². The number of carbonyl (C=O) groups excluding carboxylic acids is 2. The zero-order chi connectivity index (χ0) is 27.9. The molecule has 4 rings (SSSR count). The first kappa shape index (κ1) is 27.6. The highest BCUT2D eigenvalue weighted by Gasteiger charge is 2.43. The molecule has 3 heterocycles. The standard InChI is InChI=1S/C24H29F2N5O6S/c1-23(2,3)37-22(33)31-11-9-30(10-12-31)18(32)14-36-17-6-5-15(13-27-17)19-16-7-8-24(25,26)20(16)29-21(28-19)38(4,34)35/h5-6,13H,7-12,14H2,1-4H3. The van der Waals surface area contributed by atoms with Crippen LogP contribution in [0.2, 0.25) is 0 Å². The van der Waals surface area contributed by atoms with Crippen molar-refractivity contribution in [1.82, 2.24) is 24.8 Å². The second kappa shape index (κ2) is 10.0. The maximum absolute atomic E-state index is 14.3. The molecule has 38 heavy (non-hydrogen) atoms. The van der Waals surface area contributed by atoms with Gasteiger partial charge in [-0.25, -0.2) is 28.2 Å². The molecule has 11 nitrogen and oxygen atoms in total. The Bertz CT molecular complexity index is 1340. The molecule has 1 saturated heterocycles. The van der Waals surface area contributed by atoms with Gasteiger partial charge in [-0.1, -0.05) is 0 Å². The van der Waals surface area contributed by atoms with E-state index in [-0.39, 0.29) is 36.1 Å². The number of halogens is 2. The number of amides is 2. The van der Waals surface area contributed by atoms with Crippen LogP contribution in [0.25, 0.3) is 11.3 Å². The van der Waals surface area contributed by atoms with E-state index in [0.29, 0.717) is 31.7 Å². The predicted molar refractivity (Wildman–Crippen MR) is 130 cm³/mol. The van der Waals surface area contributed by atoms with Crippen LogP contribution in [0.1, 0.15) is 38.4 Å². The van der Waals surface area contributed by atoms with Crippen LogP contribution in [0.15, 0.2) is 23.5 Å². The summed E-state index contributed by atoms with van der Waals surface area (Å²) in [4.78, 5) is 39.7. The molecule has 1 aliphatic heterocycles. The quantitative estimate of drug-likeness (QED) is 0.512. The van der Waals surface area contributed by atoms with Crippen molar-refractivity contribution in [3.63, 3.8) is 0 Å². The van der Waals surface area contributed by atoms with Crippen LogP contribution in [-0.2, 0) is 31.7 Å². The number of sulfone groups is 1. The molecule has 0 bridgehead atoms. The van der Waals surface area contributed by atoms with Gasteiger partial charge >= 0.3 is 6.09 Å². The third kappa shape index (κ3) is 6.17. The number of ether oxygens (including phenoxy) is 2. The molecule has 2 aromatic heterocycles. The number of aromatic nitrogens is 3. The summed E-state index contributed by atoms with van der Waals surface area (Å²) in [6.45, 7) is 6.42. The van der Waals surface area contributed by atoms with Crippen LogP contribution in [0.5, 0.6) is 5.88 Å². The van der Waals surface area contributed by atoms with Crippen molar-refractivity contribution in [2.75, 3.05) is 39.0 Å². The maximum atomic E-state index is 14.3. The van der Waals surface area contributed by atoms with Gasteiger partial charge in [0.1, 0.15) is 11.3 Å². The largest absolute Gasteiger partial charge is 0.468 e. The summed E-state index contributed by atoms with van der Waals surface area (Å²) in [5.74, 6) is -3.41. The predicted octanol–water partition coefficient (Wildman–Crippen LogP) is 2.44. The van der Waals surface area contributed by atoms with Gasteiger partial charge in [0.25, 0.3) is 11.8 Å². The highest BCUT2D eigenvalue weighted by Crippen LogP contribution is 2.43. The van der Waals surface area contributed by atoms with E-state index in [1.165, 1.54) is 18.3 Å². The zero-order valence-corrected chi connectivity index (χ0v) is 22.3. The highest BCUT2D eigenvalue weighted by molar-refractivity contribution is 7.90. The number of alkyl halides is 2. The summed E-state index contributed by atoms with van der Waals surface area (Å²) in [5.41, 5.74) is -0.609. The van der Waals surface area contributed by atoms with Crippen LogP contribution in [-0.4, -0.2) is 89.8 Å². The van der Waals surface area contributed by atoms with Crippen LogP contribution in [0.3, 0.4) is 0 Å². The van der Waals surface area contributed by atoms with E-state index in [4.69, 9.17) is 9.47 Å². The van der Waals surface area contributed by atoms with Crippen molar-refractivity contribution in [3.8, 4) is 17.1 Å². The molecule has 206 valence electrons. The molecule has 2 amide bonds. The molecule has 2 aliphatic rings. The van der Waals surface area contributed by atoms with E-state index >= 15 is 0 Å². The monoisotopic (exact) mass is 553 g/mol. The summed E-state index contributed by atoms with van der Waals surface area (Å²) in [6, 6.07) is 2.96. The van der Waals surface area contributed by atoms with Gasteiger partial charge in [-0.2, -0.15) is 8.78 Å². The highest BCUT2D eigenvalue weighted by atomic mass is 32.2. The number of fused-ring (bicyclic) bond motifs is 1. The SMILES string of the molecule is CC(C)(C)OC(=O)N1CCN(C(=O)COc2ccc(-c3nc(S(C)(=O)=O)nc4c3CCC4(F)F)cn2)CC1. The minimum absolute atomic E-state index is 0.00431. The van der Waals surface area contributed by atoms with Crippen LogP contribution in [0, 0.1) is 0 Å². The molecule has 14 heteroatoms. The van der Waals surface area contributed by atoms with E-state index in [1.807, 2.05) is 0 Å². The van der Waals surface area contributed by atoms with Gasteiger partial charge < -0.3 is 19.3 Å². The average molecular weight is 554 g/mol. The molecule has 0 N–H and O–H groups in total. The van der Waals surface area contributed by atoms with Gasteiger partial charge in [0.2, 0.25) is 20.9 Å². The van der Waals surface area contributed by atoms with Gasteiger partial charge in [-0.05, 0) is 33.3 Å². The molecule has 0 spiro atoms. The van der Waals surface area contributed by atoms with Crippen molar-refractivity contribution in [3.05, 3.63) is 29.6 Å². The van der Waals surface area contributed by atoms with E-state index in [9.17, 15) is 26.8 Å². The van der Waals surface area contributed by atoms with Gasteiger partial charge in [-0.15, -0.1) is 0 Å². The first-order valence-corrected chi connectivity index (χ1v) is 13.9. The molecule has 0 aromatic carbocycles. The number of hydrogen-bond donors (Lipinski definition) is 0. The molecule has 0 atom stereocenters. The molecule has 1 aliphatic carbocycles. The van der Waals surface area contributed by atoms with Crippen molar-refractivity contribution in [2.24, 2.45) is 0 Å². The maximum Gasteiger partial charge on any atom is 0.410 e. The smallest absolute Gasteiger partial charge is 0.410 e. The zero-order valence-electron chi connectivity index (χ0n) is 21.5. The Morgan fingerprint density at radius 3 is 2.32 bits per heavy atom. The minimum atomic E-state index is -3.93. The lowest BCUT2D eigenvalue weighted by molar-refractivity contribution is -0.135. The first-order chi connectivity index (χ1) is 17.6. The third-order valence-electron chi connectivity index (χ3n) is 5.99. The van der Waals surface area contributed by atoms with Crippen molar-refractivity contribution in [1.29, 1.82) is 0 Å². The molecular formula is C24H29F2N5O6S. The molecule has 0 radical (unpaired) electrons. The van der Waals surface area contributed by atoms with E-state index in [1.54, 1.807) is 30.6 Å². The van der Waals surface area contributed by atoms with Crippen LogP contribution in [0.4, 0.5) is 13.6 Å². The lowest BCUT2D eigenvalue weighted by Crippen LogP contribution is -2.52. The van der Waals surface area contributed by atoms with E-state index in [2.05, 4.69) is 15.0 Å². The Morgan fingerprint density at radius 1 is 1.08 bits per heavy atom. The topological polar surface area (TPSA) is 132 Å². The Kier molecular flexibility index (Phi) is 7.30. The summed E-state index contributed by atoms with van der Waals surface area (Å²) >= 11 is 0. The third-order valence-corrected chi connectivity index (χ3v) is 6.84. The lowest BCUT2D eigenvalue weighted by atomic mass is 10.1. The Hall–Kier alpha value is -3.42. The fourth-order valence-corrected chi connectivity index (χ4v) is 4.62. The number of pyridine rings is 1. The van der Waals surface area contributed by atoms with Crippen molar-refractivity contribution < 1.29 is 36.3 Å². The van der Waals surface area contributed by atoms with Crippen LogP contribution >= 0.6 is 0 Å². The normalized spacial score (nSPS) is 17.2. The lowest BCUT2D eigenvalue weighted by Gasteiger charge is -2.35.